The van der Waals surface area contributed by atoms with Gasteiger partial charge in [-0.1, -0.05) is 12.1 Å². The molecule has 1 aromatic carbocycles. The van der Waals surface area contributed by atoms with Gasteiger partial charge >= 0.3 is 6.03 Å². The molecule has 1 aromatic heterocycles. The van der Waals surface area contributed by atoms with Gasteiger partial charge in [-0.15, -0.1) is 0 Å². The van der Waals surface area contributed by atoms with Crippen molar-refractivity contribution in [2.75, 3.05) is 11.9 Å². The lowest BCUT2D eigenvalue weighted by molar-refractivity contribution is 0.101. The van der Waals surface area contributed by atoms with Crippen molar-refractivity contribution in [3.8, 4) is 0 Å². The van der Waals surface area contributed by atoms with Crippen LogP contribution in [0.2, 0.25) is 0 Å². The normalized spacial score (nSPS) is 10.1. The van der Waals surface area contributed by atoms with Crippen molar-refractivity contribution in [1.82, 2.24) is 15.1 Å². The summed E-state index contributed by atoms with van der Waals surface area (Å²) >= 11 is 0. The first-order chi connectivity index (χ1) is 10.1. The minimum Gasteiger partial charge on any atom is -0.338 e. The summed E-state index contributed by atoms with van der Waals surface area (Å²) in [6, 6.07) is 8.44. The minimum atomic E-state index is -0.281. The van der Waals surface area contributed by atoms with Crippen molar-refractivity contribution in [2.45, 2.75) is 19.9 Å². The van der Waals surface area contributed by atoms with Crippen molar-refractivity contribution in [1.29, 1.82) is 0 Å². The van der Waals surface area contributed by atoms with Crippen molar-refractivity contribution in [3.05, 3.63) is 48.3 Å². The van der Waals surface area contributed by atoms with E-state index < -0.39 is 0 Å². The number of anilines is 1. The molecule has 110 valence electrons. The summed E-state index contributed by atoms with van der Waals surface area (Å²) in [5.41, 5.74) is 1.18. The molecule has 6 nitrogen and oxygen atoms in total. The molecule has 2 aromatic rings. The van der Waals surface area contributed by atoms with Crippen LogP contribution >= 0.6 is 0 Å². The van der Waals surface area contributed by atoms with Crippen LogP contribution in [0, 0.1) is 0 Å². The van der Waals surface area contributed by atoms with Crippen molar-refractivity contribution in [3.63, 3.8) is 0 Å². The van der Waals surface area contributed by atoms with E-state index in [1.165, 1.54) is 6.92 Å². The van der Waals surface area contributed by atoms with Crippen LogP contribution in [-0.2, 0) is 6.54 Å². The molecule has 0 unspecified atom stereocenters. The number of rotatable bonds is 6. The van der Waals surface area contributed by atoms with E-state index in [4.69, 9.17) is 0 Å². The number of carbonyl (C=O) groups is 2. The zero-order chi connectivity index (χ0) is 15.1. The number of carbonyl (C=O) groups excluding carboxylic acids is 2. The van der Waals surface area contributed by atoms with Gasteiger partial charge in [0.05, 0.1) is 0 Å². The number of nitrogens with zero attached hydrogens (tertiary/aromatic N) is 2. The van der Waals surface area contributed by atoms with E-state index in [0.717, 1.165) is 13.0 Å². The molecule has 0 saturated heterocycles. The van der Waals surface area contributed by atoms with Crippen LogP contribution in [0.15, 0.2) is 42.7 Å². The van der Waals surface area contributed by atoms with Gasteiger partial charge in [0, 0.05) is 36.7 Å². The van der Waals surface area contributed by atoms with Gasteiger partial charge in [0.15, 0.2) is 5.78 Å². The summed E-state index contributed by atoms with van der Waals surface area (Å²) in [6.07, 6.45) is 4.40. The number of ketones is 1. The molecule has 1 heterocycles. The van der Waals surface area contributed by atoms with Crippen LogP contribution in [0.3, 0.4) is 0 Å². The van der Waals surface area contributed by atoms with E-state index in [1.54, 1.807) is 30.5 Å². The third kappa shape index (κ3) is 4.76. The average Bonchev–Trinajstić information content (AvgIpc) is 2.97. The minimum absolute atomic E-state index is 0.0294. The maximum absolute atomic E-state index is 11.7. The zero-order valence-electron chi connectivity index (χ0n) is 11.9. The molecule has 0 fully saturated rings. The highest BCUT2D eigenvalue weighted by atomic mass is 16.2. The maximum atomic E-state index is 11.7. The quantitative estimate of drug-likeness (QED) is 0.632. The van der Waals surface area contributed by atoms with E-state index in [1.807, 2.05) is 16.9 Å². The van der Waals surface area contributed by atoms with Crippen LogP contribution in [0.25, 0.3) is 0 Å². The van der Waals surface area contributed by atoms with E-state index in [-0.39, 0.29) is 11.8 Å². The summed E-state index contributed by atoms with van der Waals surface area (Å²) < 4.78 is 1.82. The van der Waals surface area contributed by atoms with Crippen LogP contribution < -0.4 is 10.6 Å². The molecule has 21 heavy (non-hydrogen) atoms. The molecular formula is C15H18N4O2. The Kier molecular flexibility index (Phi) is 5.09. The number of hydrogen-bond acceptors (Lipinski definition) is 3. The molecule has 0 saturated carbocycles. The van der Waals surface area contributed by atoms with Crippen molar-refractivity contribution in [2.24, 2.45) is 0 Å². The van der Waals surface area contributed by atoms with E-state index in [9.17, 15) is 9.59 Å². The molecule has 0 atom stereocenters. The van der Waals surface area contributed by atoms with Crippen LogP contribution in [0.4, 0.5) is 10.5 Å². The highest BCUT2D eigenvalue weighted by Crippen LogP contribution is 2.10. The first-order valence-corrected chi connectivity index (χ1v) is 6.78. The fourth-order valence-electron chi connectivity index (χ4n) is 1.87. The van der Waals surface area contributed by atoms with E-state index in [0.29, 0.717) is 17.8 Å². The van der Waals surface area contributed by atoms with Crippen LogP contribution in [0.5, 0.6) is 0 Å². The molecule has 0 bridgehead atoms. The number of benzene rings is 1. The Bertz CT molecular complexity index is 608. The molecular weight excluding hydrogens is 268 g/mol. The average molecular weight is 286 g/mol. The Morgan fingerprint density at radius 2 is 2.14 bits per heavy atom. The highest BCUT2D eigenvalue weighted by molar-refractivity contribution is 5.96. The number of hydrogen-bond donors (Lipinski definition) is 2. The third-order valence-electron chi connectivity index (χ3n) is 2.94. The molecule has 0 aliphatic carbocycles. The van der Waals surface area contributed by atoms with Gasteiger partial charge in [-0.25, -0.2) is 4.79 Å². The number of Topliss-reactive ketones (excluding diaryl/α,β-unsaturated/α-hetero) is 1. The summed E-state index contributed by atoms with van der Waals surface area (Å²) in [7, 11) is 0. The van der Waals surface area contributed by atoms with Gasteiger partial charge in [0.2, 0.25) is 0 Å². The van der Waals surface area contributed by atoms with Gasteiger partial charge in [0.1, 0.15) is 0 Å². The smallest absolute Gasteiger partial charge is 0.319 e. The summed E-state index contributed by atoms with van der Waals surface area (Å²) in [5, 5.41) is 9.56. The van der Waals surface area contributed by atoms with Crippen molar-refractivity contribution < 1.29 is 9.59 Å². The monoisotopic (exact) mass is 286 g/mol. The second-order valence-electron chi connectivity index (χ2n) is 4.64. The number of aryl methyl sites for hydroxylation is 1. The first kappa shape index (κ1) is 14.8. The Labute approximate surface area is 123 Å². The molecule has 0 aliphatic rings. The summed E-state index contributed by atoms with van der Waals surface area (Å²) in [4.78, 5) is 23.0. The SMILES string of the molecule is CC(=O)c1cccc(NC(=O)NCCCn2cccn2)c1. The molecule has 2 N–H and O–H groups in total. The van der Waals surface area contributed by atoms with Crippen molar-refractivity contribution >= 4 is 17.5 Å². The molecule has 2 rings (SSSR count). The lowest BCUT2D eigenvalue weighted by Gasteiger charge is -2.08. The number of amides is 2. The predicted molar refractivity (Wildman–Crippen MR) is 80.3 cm³/mol. The Hall–Kier alpha value is -2.63. The predicted octanol–water partition coefficient (Wildman–Crippen LogP) is 2.30. The van der Waals surface area contributed by atoms with Gasteiger partial charge < -0.3 is 10.6 Å². The van der Waals surface area contributed by atoms with Crippen LogP contribution in [0.1, 0.15) is 23.7 Å². The molecule has 0 spiro atoms. The number of urea groups is 1. The summed E-state index contributed by atoms with van der Waals surface area (Å²) in [6.45, 7) is 2.81. The standard InChI is InChI=1S/C15H18N4O2/c1-12(20)13-5-2-6-14(11-13)18-15(21)16-7-3-9-19-10-4-8-17-19/h2,4-6,8,10-11H,3,7,9H2,1H3,(H2,16,18,21). The summed E-state index contributed by atoms with van der Waals surface area (Å²) in [5.74, 6) is -0.0294. The number of nitrogens with one attached hydrogen (secondary N) is 2. The maximum Gasteiger partial charge on any atom is 0.319 e. The largest absolute Gasteiger partial charge is 0.338 e. The fourth-order valence-corrected chi connectivity index (χ4v) is 1.87. The number of aromatic nitrogens is 2. The molecule has 0 aliphatic heterocycles. The lowest BCUT2D eigenvalue weighted by Crippen LogP contribution is -2.30. The third-order valence-corrected chi connectivity index (χ3v) is 2.94. The Morgan fingerprint density at radius 1 is 1.29 bits per heavy atom. The van der Waals surface area contributed by atoms with Crippen LogP contribution in [-0.4, -0.2) is 28.1 Å². The highest BCUT2D eigenvalue weighted by Gasteiger charge is 2.04. The fraction of sp³-hybridized carbons (Fsp3) is 0.267. The molecule has 0 radical (unpaired) electrons. The van der Waals surface area contributed by atoms with Gasteiger partial charge in [-0.3, -0.25) is 9.48 Å². The topological polar surface area (TPSA) is 76.0 Å². The zero-order valence-corrected chi connectivity index (χ0v) is 11.9. The van der Waals surface area contributed by atoms with Gasteiger partial charge in [0.25, 0.3) is 0 Å². The second-order valence-corrected chi connectivity index (χ2v) is 4.64. The van der Waals surface area contributed by atoms with Gasteiger partial charge in [-0.05, 0) is 31.5 Å². The Morgan fingerprint density at radius 3 is 2.86 bits per heavy atom. The first-order valence-electron chi connectivity index (χ1n) is 6.78. The molecule has 6 heteroatoms. The lowest BCUT2D eigenvalue weighted by atomic mass is 10.1. The second kappa shape index (κ2) is 7.23. The Balaban J connectivity index is 1.74. The van der Waals surface area contributed by atoms with E-state index in [2.05, 4.69) is 15.7 Å². The van der Waals surface area contributed by atoms with Gasteiger partial charge in [-0.2, -0.15) is 5.10 Å². The molecule has 2 amide bonds. The van der Waals surface area contributed by atoms with E-state index >= 15 is 0 Å².